The quantitative estimate of drug-likeness (QED) is 0.901. The summed E-state index contributed by atoms with van der Waals surface area (Å²) in [7, 11) is 0. The summed E-state index contributed by atoms with van der Waals surface area (Å²) in [6, 6.07) is 6.36. The number of nitrogens with one attached hydrogen (secondary N) is 2. The predicted octanol–water partition coefficient (Wildman–Crippen LogP) is 2.83. The molecule has 1 heterocycles. The number of aryl methyl sites for hydroxylation is 1. The Morgan fingerprint density at radius 2 is 1.78 bits per heavy atom. The van der Waals surface area contributed by atoms with Crippen molar-refractivity contribution >= 4 is 17.6 Å². The Labute approximate surface area is 137 Å². The van der Waals surface area contributed by atoms with Crippen LogP contribution in [0.1, 0.15) is 36.8 Å². The lowest BCUT2D eigenvalue weighted by Crippen LogP contribution is -2.46. The highest BCUT2D eigenvalue weighted by Crippen LogP contribution is 2.24. The number of likely N-dealkylation sites (tertiary alicyclic amines) is 1. The van der Waals surface area contributed by atoms with Crippen LogP contribution in [-0.2, 0) is 4.79 Å². The second kappa shape index (κ2) is 6.60. The molecule has 1 aliphatic carbocycles. The minimum atomic E-state index is -0.0140. The summed E-state index contributed by atoms with van der Waals surface area (Å²) < 4.78 is 0. The van der Waals surface area contributed by atoms with Crippen LogP contribution in [0.3, 0.4) is 0 Å². The summed E-state index contributed by atoms with van der Waals surface area (Å²) in [5.41, 5.74) is 3.18. The number of rotatable bonds is 3. The Kier molecular flexibility index (Phi) is 4.55. The largest absolute Gasteiger partial charge is 0.335 e. The first kappa shape index (κ1) is 15.8. The molecule has 2 N–H and O–H groups in total. The van der Waals surface area contributed by atoms with E-state index in [1.807, 2.05) is 36.9 Å². The van der Waals surface area contributed by atoms with Gasteiger partial charge in [-0.1, -0.05) is 12.1 Å². The van der Waals surface area contributed by atoms with E-state index < -0.39 is 0 Å². The summed E-state index contributed by atoms with van der Waals surface area (Å²) in [4.78, 5) is 26.3. The molecular formula is C18H25N3O2. The van der Waals surface area contributed by atoms with Gasteiger partial charge >= 0.3 is 6.03 Å². The molecule has 124 valence electrons. The fraction of sp³-hybridized carbons (Fsp3) is 0.556. The van der Waals surface area contributed by atoms with Crippen LogP contribution in [0.25, 0.3) is 0 Å². The fourth-order valence-electron chi connectivity index (χ4n) is 2.96. The highest BCUT2D eigenvalue weighted by atomic mass is 16.2. The van der Waals surface area contributed by atoms with E-state index in [0.29, 0.717) is 19.1 Å². The lowest BCUT2D eigenvalue weighted by molar-refractivity contribution is -0.121. The standard InChI is InChI=1S/C18H25N3O2/c1-12-4-3-5-16(13(12)2)20-17(22)14-8-10-21(11-9-14)18(23)19-15-6-7-15/h3-5,14-15H,6-11H2,1-2H3,(H,19,23)(H,20,22). The second-order valence-electron chi connectivity index (χ2n) is 6.72. The van der Waals surface area contributed by atoms with Crippen molar-refractivity contribution in [2.45, 2.75) is 45.6 Å². The Morgan fingerprint density at radius 3 is 2.43 bits per heavy atom. The normalized spacial score (nSPS) is 18.6. The first-order valence-corrected chi connectivity index (χ1v) is 8.47. The van der Waals surface area contributed by atoms with Crippen molar-refractivity contribution in [3.05, 3.63) is 29.3 Å². The zero-order chi connectivity index (χ0) is 16.4. The number of hydrogen-bond acceptors (Lipinski definition) is 2. The Hall–Kier alpha value is -2.04. The molecule has 2 aliphatic rings. The van der Waals surface area contributed by atoms with E-state index in [-0.39, 0.29) is 17.9 Å². The number of amides is 3. The van der Waals surface area contributed by atoms with Crippen molar-refractivity contribution in [3.63, 3.8) is 0 Å². The molecule has 2 fully saturated rings. The van der Waals surface area contributed by atoms with E-state index in [0.717, 1.165) is 36.9 Å². The average Bonchev–Trinajstić information content (AvgIpc) is 3.36. The van der Waals surface area contributed by atoms with Gasteiger partial charge in [-0.2, -0.15) is 0 Å². The highest BCUT2D eigenvalue weighted by molar-refractivity contribution is 5.93. The van der Waals surface area contributed by atoms with Crippen LogP contribution >= 0.6 is 0 Å². The average molecular weight is 315 g/mol. The second-order valence-corrected chi connectivity index (χ2v) is 6.72. The minimum Gasteiger partial charge on any atom is -0.335 e. The number of carbonyl (C=O) groups excluding carboxylic acids is 2. The maximum Gasteiger partial charge on any atom is 0.317 e. The van der Waals surface area contributed by atoms with Crippen LogP contribution in [0.5, 0.6) is 0 Å². The summed E-state index contributed by atoms with van der Waals surface area (Å²) in [6.45, 7) is 5.38. The van der Waals surface area contributed by atoms with Crippen molar-refractivity contribution in [1.29, 1.82) is 0 Å². The molecule has 0 spiro atoms. The highest BCUT2D eigenvalue weighted by Gasteiger charge is 2.30. The SMILES string of the molecule is Cc1cccc(NC(=O)C2CCN(C(=O)NC3CC3)CC2)c1C. The van der Waals surface area contributed by atoms with E-state index in [9.17, 15) is 9.59 Å². The molecule has 0 atom stereocenters. The number of carbonyl (C=O) groups is 2. The topological polar surface area (TPSA) is 61.4 Å². The fourth-order valence-corrected chi connectivity index (χ4v) is 2.96. The number of piperidine rings is 1. The van der Waals surface area contributed by atoms with Crippen molar-refractivity contribution in [2.75, 3.05) is 18.4 Å². The third-order valence-electron chi connectivity index (χ3n) is 4.92. The molecular weight excluding hydrogens is 290 g/mol. The molecule has 5 heteroatoms. The zero-order valence-corrected chi connectivity index (χ0v) is 13.9. The molecule has 23 heavy (non-hydrogen) atoms. The van der Waals surface area contributed by atoms with Gasteiger partial charge < -0.3 is 15.5 Å². The summed E-state index contributed by atoms with van der Waals surface area (Å²) in [5.74, 6) is 0.0563. The summed E-state index contributed by atoms with van der Waals surface area (Å²) in [5, 5.41) is 6.06. The number of nitrogens with zero attached hydrogens (tertiary/aromatic N) is 1. The van der Waals surface area contributed by atoms with Gasteiger partial charge in [-0.25, -0.2) is 4.79 Å². The van der Waals surface area contributed by atoms with Crippen LogP contribution in [0.4, 0.5) is 10.5 Å². The van der Waals surface area contributed by atoms with E-state index in [2.05, 4.69) is 10.6 Å². The first-order chi connectivity index (χ1) is 11.0. The minimum absolute atomic E-state index is 0.0140. The molecule has 5 nitrogen and oxygen atoms in total. The molecule has 3 rings (SSSR count). The van der Waals surface area contributed by atoms with Gasteiger partial charge in [0.25, 0.3) is 0 Å². The number of hydrogen-bond donors (Lipinski definition) is 2. The van der Waals surface area contributed by atoms with Crippen molar-refractivity contribution in [3.8, 4) is 0 Å². The van der Waals surface area contributed by atoms with Gasteiger partial charge in [-0.3, -0.25) is 4.79 Å². The maximum atomic E-state index is 12.5. The lowest BCUT2D eigenvalue weighted by Gasteiger charge is -2.31. The van der Waals surface area contributed by atoms with Crippen LogP contribution in [0.2, 0.25) is 0 Å². The summed E-state index contributed by atoms with van der Waals surface area (Å²) >= 11 is 0. The van der Waals surface area contributed by atoms with E-state index in [4.69, 9.17) is 0 Å². The molecule has 0 radical (unpaired) electrons. The number of benzene rings is 1. The Bertz CT molecular complexity index is 602. The number of urea groups is 1. The van der Waals surface area contributed by atoms with Crippen LogP contribution in [-0.4, -0.2) is 36.0 Å². The first-order valence-electron chi connectivity index (χ1n) is 8.47. The van der Waals surface area contributed by atoms with Crippen LogP contribution in [0.15, 0.2) is 18.2 Å². The van der Waals surface area contributed by atoms with Crippen molar-refractivity contribution in [2.24, 2.45) is 5.92 Å². The Balaban J connectivity index is 1.51. The van der Waals surface area contributed by atoms with Gasteiger partial charge in [-0.05, 0) is 56.7 Å². The molecule has 0 aromatic heterocycles. The van der Waals surface area contributed by atoms with E-state index in [1.165, 1.54) is 5.56 Å². The van der Waals surface area contributed by atoms with Gasteiger partial charge in [0.2, 0.25) is 5.91 Å². The van der Waals surface area contributed by atoms with Crippen molar-refractivity contribution in [1.82, 2.24) is 10.2 Å². The predicted molar refractivity (Wildman–Crippen MR) is 90.4 cm³/mol. The molecule has 1 saturated heterocycles. The van der Waals surface area contributed by atoms with Gasteiger partial charge in [0.15, 0.2) is 0 Å². The van der Waals surface area contributed by atoms with Gasteiger partial charge in [0.1, 0.15) is 0 Å². The molecule has 3 amide bonds. The van der Waals surface area contributed by atoms with Crippen molar-refractivity contribution < 1.29 is 9.59 Å². The van der Waals surface area contributed by atoms with Crippen LogP contribution < -0.4 is 10.6 Å². The number of anilines is 1. The molecule has 1 aromatic carbocycles. The van der Waals surface area contributed by atoms with Gasteiger partial charge in [-0.15, -0.1) is 0 Å². The smallest absolute Gasteiger partial charge is 0.317 e. The van der Waals surface area contributed by atoms with Gasteiger partial charge in [0, 0.05) is 30.7 Å². The van der Waals surface area contributed by atoms with E-state index in [1.54, 1.807) is 0 Å². The third kappa shape index (κ3) is 3.84. The summed E-state index contributed by atoms with van der Waals surface area (Å²) in [6.07, 6.45) is 3.66. The van der Waals surface area contributed by atoms with Gasteiger partial charge in [0.05, 0.1) is 0 Å². The zero-order valence-electron chi connectivity index (χ0n) is 13.9. The van der Waals surface area contributed by atoms with E-state index >= 15 is 0 Å². The molecule has 0 unspecified atom stereocenters. The van der Waals surface area contributed by atoms with Crippen LogP contribution in [0, 0.1) is 19.8 Å². The monoisotopic (exact) mass is 315 g/mol. The maximum absolute atomic E-state index is 12.5. The Morgan fingerprint density at radius 1 is 1.09 bits per heavy atom. The molecule has 0 bridgehead atoms. The molecule has 1 aromatic rings. The lowest BCUT2D eigenvalue weighted by atomic mass is 9.95. The molecule has 1 saturated carbocycles. The third-order valence-corrected chi connectivity index (χ3v) is 4.92. The molecule has 1 aliphatic heterocycles.